The van der Waals surface area contributed by atoms with Gasteiger partial charge in [0.05, 0.1) is 6.61 Å². The minimum Gasteiger partial charge on any atom is -0.465 e. The van der Waals surface area contributed by atoms with E-state index < -0.39 is 6.16 Å². The summed E-state index contributed by atoms with van der Waals surface area (Å²) in [5.41, 5.74) is 0. The zero-order valence-corrected chi connectivity index (χ0v) is 37.9. The van der Waals surface area contributed by atoms with Crippen LogP contribution < -0.4 is 0 Å². The maximum Gasteiger partial charge on any atom is 0.508 e. The number of unbranched alkanes of at least 4 members (excludes halogenated alkanes) is 16. The minimum absolute atomic E-state index is 0.0355. The van der Waals surface area contributed by atoms with Gasteiger partial charge in [-0.2, -0.15) is 0 Å². The second-order valence-electron chi connectivity index (χ2n) is 16.1. The van der Waals surface area contributed by atoms with Gasteiger partial charge in [-0.05, 0) is 70.4 Å². The van der Waals surface area contributed by atoms with Gasteiger partial charge < -0.3 is 23.8 Å². The molecule has 0 spiro atoms. The molecule has 0 bridgehead atoms. The van der Waals surface area contributed by atoms with Gasteiger partial charge in [-0.1, -0.05) is 151 Å². The predicted molar refractivity (Wildman–Crippen MR) is 233 cm³/mol. The standard InChI is InChI=1S/C47H92N2O7/c1-7-13-17-22-28-34-45(50)53-40-38-49(37-36-48(11-5)12-6)39-41-54-47(52)56-44(32-26-19-15-9-3)33-27-23-20-21-24-29-35-46(51)55-42-43(30-16-10-4)31-25-18-14-8-2/h43-44H,7-42H2,1-6H3. The number of likely N-dealkylation sites (N-methyl/N-ethyl adjacent to an activating group) is 1. The smallest absolute Gasteiger partial charge is 0.465 e. The van der Waals surface area contributed by atoms with Gasteiger partial charge in [0.25, 0.3) is 0 Å². The minimum atomic E-state index is -0.580. The number of hydrogen-bond donors (Lipinski definition) is 0. The maximum atomic E-state index is 12.8. The summed E-state index contributed by atoms with van der Waals surface area (Å²) >= 11 is 0. The van der Waals surface area contributed by atoms with Crippen LogP contribution in [-0.2, 0) is 28.5 Å². The van der Waals surface area contributed by atoms with E-state index >= 15 is 0 Å². The lowest BCUT2D eigenvalue weighted by Gasteiger charge is -2.26. The van der Waals surface area contributed by atoms with Crippen LogP contribution in [0.25, 0.3) is 0 Å². The molecule has 0 N–H and O–H groups in total. The Morgan fingerprint density at radius 3 is 1.41 bits per heavy atom. The van der Waals surface area contributed by atoms with Crippen molar-refractivity contribution in [2.24, 2.45) is 5.92 Å². The van der Waals surface area contributed by atoms with Crippen molar-refractivity contribution in [3.05, 3.63) is 0 Å². The summed E-state index contributed by atoms with van der Waals surface area (Å²) in [6, 6.07) is 0. The Morgan fingerprint density at radius 1 is 0.429 bits per heavy atom. The molecule has 0 amide bonds. The fraction of sp³-hybridized carbons (Fsp3) is 0.936. The van der Waals surface area contributed by atoms with E-state index in [4.69, 9.17) is 18.9 Å². The number of nitrogens with zero attached hydrogens (tertiary/aromatic N) is 2. The zero-order valence-electron chi connectivity index (χ0n) is 37.9. The summed E-state index contributed by atoms with van der Waals surface area (Å²) in [5.74, 6) is 0.354. The third-order valence-corrected chi connectivity index (χ3v) is 11.1. The number of esters is 2. The molecule has 2 unspecified atom stereocenters. The number of ether oxygens (including phenoxy) is 4. The first-order chi connectivity index (χ1) is 27.3. The van der Waals surface area contributed by atoms with Crippen molar-refractivity contribution in [3.8, 4) is 0 Å². The van der Waals surface area contributed by atoms with Gasteiger partial charge >= 0.3 is 18.1 Å². The van der Waals surface area contributed by atoms with Crippen molar-refractivity contribution < 1.29 is 33.3 Å². The Kier molecular flexibility index (Phi) is 39.9. The van der Waals surface area contributed by atoms with Gasteiger partial charge in [0.15, 0.2) is 0 Å². The van der Waals surface area contributed by atoms with E-state index in [0.29, 0.717) is 45.1 Å². The third-order valence-electron chi connectivity index (χ3n) is 11.1. The first kappa shape index (κ1) is 54.1. The second-order valence-corrected chi connectivity index (χ2v) is 16.1. The summed E-state index contributed by atoms with van der Waals surface area (Å²) in [7, 11) is 0. The van der Waals surface area contributed by atoms with Crippen LogP contribution in [0.4, 0.5) is 4.79 Å². The lowest BCUT2D eigenvalue weighted by molar-refractivity contribution is -0.145. The molecule has 56 heavy (non-hydrogen) atoms. The van der Waals surface area contributed by atoms with Crippen LogP contribution in [-0.4, -0.2) is 93.1 Å². The monoisotopic (exact) mass is 797 g/mol. The number of carbonyl (C=O) groups is 3. The Labute approximate surface area is 346 Å². The molecule has 0 fully saturated rings. The van der Waals surface area contributed by atoms with Gasteiger partial charge in [-0.3, -0.25) is 14.5 Å². The van der Waals surface area contributed by atoms with E-state index in [2.05, 4.69) is 51.3 Å². The van der Waals surface area contributed by atoms with Crippen LogP contribution in [0.5, 0.6) is 0 Å². The second kappa shape index (κ2) is 41.3. The molecule has 0 aromatic carbocycles. The van der Waals surface area contributed by atoms with Crippen LogP contribution in [0.3, 0.4) is 0 Å². The molecule has 9 nitrogen and oxygen atoms in total. The molecule has 0 saturated carbocycles. The Morgan fingerprint density at radius 2 is 0.857 bits per heavy atom. The highest BCUT2D eigenvalue weighted by molar-refractivity contribution is 5.69. The molecule has 0 saturated heterocycles. The van der Waals surface area contributed by atoms with E-state index in [1.54, 1.807) is 0 Å². The highest BCUT2D eigenvalue weighted by Gasteiger charge is 2.17. The molecule has 9 heteroatoms. The molecule has 0 radical (unpaired) electrons. The Bertz CT molecular complexity index is 885. The molecular weight excluding hydrogens is 705 g/mol. The van der Waals surface area contributed by atoms with E-state index in [9.17, 15) is 14.4 Å². The average molecular weight is 797 g/mol. The molecule has 0 rings (SSSR count). The third kappa shape index (κ3) is 35.3. The van der Waals surface area contributed by atoms with E-state index in [0.717, 1.165) is 103 Å². The highest BCUT2D eigenvalue weighted by atomic mass is 16.7. The number of carbonyl (C=O) groups excluding carboxylic acids is 3. The summed E-state index contributed by atoms with van der Waals surface area (Å²) in [5, 5.41) is 0. The summed E-state index contributed by atoms with van der Waals surface area (Å²) in [6.07, 6.45) is 28.2. The number of hydrogen-bond acceptors (Lipinski definition) is 9. The van der Waals surface area contributed by atoms with Crippen molar-refractivity contribution in [3.63, 3.8) is 0 Å². The van der Waals surface area contributed by atoms with Crippen molar-refractivity contribution >= 4 is 18.1 Å². The molecule has 0 aliphatic heterocycles. The van der Waals surface area contributed by atoms with Gasteiger partial charge in [0, 0.05) is 39.0 Å². The van der Waals surface area contributed by atoms with Crippen molar-refractivity contribution in [2.75, 3.05) is 59.1 Å². The van der Waals surface area contributed by atoms with Crippen LogP contribution in [0, 0.1) is 5.92 Å². The molecule has 0 heterocycles. The van der Waals surface area contributed by atoms with Crippen molar-refractivity contribution in [1.82, 2.24) is 9.80 Å². The lowest BCUT2D eigenvalue weighted by atomic mass is 9.96. The van der Waals surface area contributed by atoms with Crippen molar-refractivity contribution in [1.29, 1.82) is 0 Å². The van der Waals surface area contributed by atoms with Crippen LogP contribution in [0.1, 0.15) is 215 Å². The summed E-state index contributed by atoms with van der Waals surface area (Å²) in [4.78, 5) is 42.1. The Hall–Kier alpha value is -1.87. The van der Waals surface area contributed by atoms with Gasteiger partial charge in [0.2, 0.25) is 0 Å². The van der Waals surface area contributed by atoms with Crippen molar-refractivity contribution in [2.45, 2.75) is 221 Å². The first-order valence-electron chi connectivity index (χ1n) is 23.9. The molecule has 0 aromatic heterocycles. The largest absolute Gasteiger partial charge is 0.508 e. The van der Waals surface area contributed by atoms with Gasteiger partial charge in [-0.25, -0.2) is 4.79 Å². The topological polar surface area (TPSA) is 94.6 Å². The molecular formula is C47H92N2O7. The number of rotatable bonds is 42. The van der Waals surface area contributed by atoms with Gasteiger partial charge in [0.1, 0.15) is 19.3 Å². The van der Waals surface area contributed by atoms with Gasteiger partial charge in [-0.15, -0.1) is 0 Å². The highest BCUT2D eigenvalue weighted by Crippen LogP contribution is 2.20. The summed E-state index contributed by atoms with van der Waals surface area (Å²) in [6.45, 7) is 19.3. The Balaban J connectivity index is 4.58. The lowest BCUT2D eigenvalue weighted by Crippen LogP contribution is -2.39. The normalized spacial score (nSPS) is 12.6. The SMILES string of the molecule is CCCCCCCC(=O)OCCN(CCOC(=O)OC(CCCCCC)CCCCCCCCC(=O)OCC(CCCC)CCCCCC)CCN(CC)CC. The summed E-state index contributed by atoms with van der Waals surface area (Å²) < 4.78 is 22.7. The maximum absolute atomic E-state index is 12.8. The quantitative estimate of drug-likeness (QED) is 0.0340. The van der Waals surface area contributed by atoms with E-state index in [-0.39, 0.29) is 24.6 Å². The van der Waals surface area contributed by atoms with E-state index in [1.807, 2.05) is 0 Å². The van der Waals surface area contributed by atoms with Crippen LogP contribution in [0.2, 0.25) is 0 Å². The zero-order chi connectivity index (χ0) is 41.3. The molecule has 2 atom stereocenters. The fourth-order valence-electron chi connectivity index (χ4n) is 7.18. The fourth-order valence-corrected chi connectivity index (χ4v) is 7.18. The molecule has 0 aliphatic rings. The van der Waals surface area contributed by atoms with Crippen LogP contribution >= 0.6 is 0 Å². The average Bonchev–Trinajstić information content (AvgIpc) is 3.19. The van der Waals surface area contributed by atoms with Crippen LogP contribution in [0.15, 0.2) is 0 Å². The molecule has 0 aromatic rings. The molecule has 332 valence electrons. The first-order valence-corrected chi connectivity index (χ1v) is 23.9. The van der Waals surface area contributed by atoms with E-state index in [1.165, 1.54) is 83.5 Å². The molecule has 0 aliphatic carbocycles. The predicted octanol–water partition coefficient (Wildman–Crippen LogP) is 12.5.